The molecule has 2 aromatic heterocycles. The van der Waals surface area contributed by atoms with Gasteiger partial charge in [-0.05, 0) is 44.0 Å². The zero-order valence-corrected chi connectivity index (χ0v) is 19.1. The molecular formula is C24H24N6OS. The minimum atomic E-state index is 0.0702. The summed E-state index contributed by atoms with van der Waals surface area (Å²) in [5.74, 6) is 7.20. The van der Waals surface area contributed by atoms with Crippen molar-refractivity contribution in [2.75, 3.05) is 36.3 Å². The number of pyridine rings is 1. The predicted octanol–water partition coefficient (Wildman–Crippen LogP) is 3.29. The van der Waals surface area contributed by atoms with Crippen LogP contribution >= 0.6 is 11.9 Å². The van der Waals surface area contributed by atoms with E-state index in [0.717, 1.165) is 33.1 Å². The van der Waals surface area contributed by atoms with Gasteiger partial charge in [0.15, 0.2) is 0 Å². The lowest BCUT2D eigenvalue weighted by atomic mass is 10.1. The van der Waals surface area contributed by atoms with Gasteiger partial charge in [0.05, 0.1) is 29.2 Å². The molecule has 1 amide bonds. The lowest BCUT2D eigenvalue weighted by molar-refractivity contribution is -0.129. The number of nitrogens with one attached hydrogen (secondary N) is 1. The summed E-state index contributed by atoms with van der Waals surface area (Å²) in [7, 11) is 1.82. The van der Waals surface area contributed by atoms with E-state index in [2.05, 4.69) is 31.5 Å². The Morgan fingerprint density at radius 3 is 2.62 bits per heavy atom. The molecule has 1 aliphatic heterocycles. The number of rotatable bonds is 4. The summed E-state index contributed by atoms with van der Waals surface area (Å²) in [5, 5.41) is 0. The second-order valence-corrected chi connectivity index (χ2v) is 8.40. The van der Waals surface area contributed by atoms with E-state index in [1.54, 1.807) is 11.1 Å². The Bertz CT molecular complexity index is 1190. The van der Waals surface area contributed by atoms with E-state index in [0.29, 0.717) is 25.5 Å². The number of piperazine rings is 1. The van der Waals surface area contributed by atoms with Crippen LogP contribution in [0.2, 0.25) is 0 Å². The number of carbonyl (C=O) groups is 1. The summed E-state index contributed by atoms with van der Waals surface area (Å²) < 4.78 is 3.36. The van der Waals surface area contributed by atoms with Gasteiger partial charge in [0.1, 0.15) is 12.1 Å². The van der Waals surface area contributed by atoms with Crippen LogP contribution in [0.5, 0.6) is 0 Å². The third-order valence-electron chi connectivity index (χ3n) is 5.21. The molecule has 1 aromatic carbocycles. The second-order valence-electron chi connectivity index (χ2n) is 7.52. The number of carbonyl (C=O) groups excluding carboxylic acids is 1. The number of benzene rings is 1. The Morgan fingerprint density at radius 2 is 1.84 bits per heavy atom. The maximum Gasteiger partial charge on any atom is 0.241 e. The molecule has 7 nitrogen and oxygen atoms in total. The normalized spacial score (nSPS) is 13.5. The number of hydrogen-bond donors (Lipinski definition) is 1. The minimum absolute atomic E-state index is 0.0702. The topological polar surface area (TPSA) is 74.2 Å². The van der Waals surface area contributed by atoms with Crippen LogP contribution in [0.3, 0.4) is 0 Å². The SMILES string of the molecule is Cc1ncc(C#Cc2c(C)ncnc2N2CCN(C)C(=O)C2)cc1NSc1ccccc1. The fourth-order valence-electron chi connectivity index (χ4n) is 3.23. The average Bonchev–Trinajstić information content (AvgIpc) is 2.80. The molecular weight excluding hydrogens is 420 g/mol. The molecule has 0 spiro atoms. The predicted molar refractivity (Wildman–Crippen MR) is 127 cm³/mol. The molecule has 1 aliphatic rings. The van der Waals surface area contributed by atoms with Gasteiger partial charge < -0.3 is 14.5 Å². The van der Waals surface area contributed by atoms with Crippen LogP contribution in [0.1, 0.15) is 22.5 Å². The van der Waals surface area contributed by atoms with Crippen molar-refractivity contribution < 1.29 is 4.79 Å². The van der Waals surface area contributed by atoms with Gasteiger partial charge in [0, 0.05) is 36.8 Å². The van der Waals surface area contributed by atoms with E-state index in [1.807, 2.05) is 62.2 Å². The van der Waals surface area contributed by atoms with Crippen molar-refractivity contribution in [2.24, 2.45) is 0 Å². The summed E-state index contributed by atoms with van der Waals surface area (Å²) in [4.78, 5) is 30.2. The maximum atomic E-state index is 12.2. The number of anilines is 2. The average molecular weight is 445 g/mol. The van der Waals surface area contributed by atoms with Crippen LogP contribution in [0.25, 0.3) is 0 Å². The molecule has 1 N–H and O–H groups in total. The Kier molecular flexibility index (Phi) is 6.57. The third-order valence-corrected chi connectivity index (χ3v) is 6.04. The molecule has 0 saturated carbocycles. The highest BCUT2D eigenvalue weighted by Gasteiger charge is 2.24. The summed E-state index contributed by atoms with van der Waals surface area (Å²) in [6.07, 6.45) is 3.29. The van der Waals surface area contributed by atoms with Crippen molar-refractivity contribution in [3.63, 3.8) is 0 Å². The largest absolute Gasteiger partial charge is 0.344 e. The van der Waals surface area contributed by atoms with Gasteiger partial charge in [0.25, 0.3) is 0 Å². The van der Waals surface area contributed by atoms with Gasteiger partial charge in [0.2, 0.25) is 5.91 Å². The molecule has 32 heavy (non-hydrogen) atoms. The monoisotopic (exact) mass is 444 g/mol. The van der Waals surface area contributed by atoms with E-state index >= 15 is 0 Å². The zero-order valence-electron chi connectivity index (χ0n) is 18.3. The smallest absolute Gasteiger partial charge is 0.241 e. The van der Waals surface area contributed by atoms with Crippen LogP contribution in [-0.4, -0.2) is 52.4 Å². The van der Waals surface area contributed by atoms with Crippen molar-refractivity contribution in [2.45, 2.75) is 18.7 Å². The lowest BCUT2D eigenvalue weighted by Gasteiger charge is -2.33. The number of likely N-dealkylation sites (N-methyl/N-ethyl adjacent to an activating group) is 1. The van der Waals surface area contributed by atoms with Crippen LogP contribution in [0, 0.1) is 25.7 Å². The molecule has 4 rings (SSSR count). The van der Waals surface area contributed by atoms with Crippen molar-refractivity contribution in [3.05, 3.63) is 71.4 Å². The van der Waals surface area contributed by atoms with E-state index in [1.165, 1.54) is 18.3 Å². The molecule has 8 heteroatoms. The first-order valence-corrected chi connectivity index (χ1v) is 11.1. The number of hydrogen-bond acceptors (Lipinski definition) is 7. The Morgan fingerprint density at radius 1 is 1.03 bits per heavy atom. The van der Waals surface area contributed by atoms with Crippen LogP contribution < -0.4 is 9.62 Å². The van der Waals surface area contributed by atoms with Crippen LogP contribution in [0.4, 0.5) is 11.5 Å². The number of aromatic nitrogens is 3. The van der Waals surface area contributed by atoms with E-state index in [-0.39, 0.29) is 5.91 Å². The van der Waals surface area contributed by atoms with E-state index < -0.39 is 0 Å². The van der Waals surface area contributed by atoms with Crippen molar-refractivity contribution >= 4 is 29.4 Å². The Hall–Kier alpha value is -3.57. The van der Waals surface area contributed by atoms with Crippen molar-refractivity contribution in [3.8, 4) is 11.8 Å². The summed E-state index contributed by atoms with van der Waals surface area (Å²) in [6, 6.07) is 12.1. The molecule has 3 aromatic rings. The van der Waals surface area contributed by atoms with Gasteiger partial charge >= 0.3 is 0 Å². The fourth-order valence-corrected chi connectivity index (χ4v) is 3.96. The maximum absolute atomic E-state index is 12.2. The molecule has 0 atom stereocenters. The number of aryl methyl sites for hydroxylation is 2. The van der Waals surface area contributed by atoms with E-state index in [4.69, 9.17) is 0 Å². The zero-order chi connectivity index (χ0) is 22.5. The van der Waals surface area contributed by atoms with Crippen LogP contribution in [0.15, 0.2) is 53.8 Å². The second kappa shape index (κ2) is 9.71. The highest BCUT2D eigenvalue weighted by Crippen LogP contribution is 2.24. The molecule has 0 aliphatic carbocycles. The van der Waals surface area contributed by atoms with Gasteiger partial charge in [-0.3, -0.25) is 9.78 Å². The summed E-state index contributed by atoms with van der Waals surface area (Å²) in [5.41, 5.74) is 4.12. The molecule has 0 bridgehead atoms. The first kappa shape index (κ1) is 21.7. The van der Waals surface area contributed by atoms with Gasteiger partial charge in [-0.15, -0.1) is 0 Å². The quantitative estimate of drug-likeness (QED) is 0.489. The van der Waals surface area contributed by atoms with Crippen molar-refractivity contribution in [1.29, 1.82) is 0 Å². The molecule has 0 radical (unpaired) electrons. The lowest BCUT2D eigenvalue weighted by Crippen LogP contribution is -2.49. The highest BCUT2D eigenvalue weighted by atomic mass is 32.2. The van der Waals surface area contributed by atoms with Crippen LogP contribution in [-0.2, 0) is 4.79 Å². The number of nitrogens with zero attached hydrogens (tertiary/aromatic N) is 5. The molecule has 1 saturated heterocycles. The van der Waals surface area contributed by atoms with Gasteiger partial charge in [-0.2, -0.15) is 0 Å². The van der Waals surface area contributed by atoms with E-state index in [9.17, 15) is 4.79 Å². The molecule has 0 unspecified atom stereocenters. The number of amides is 1. The first-order valence-electron chi connectivity index (χ1n) is 10.3. The highest BCUT2D eigenvalue weighted by molar-refractivity contribution is 8.00. The summed E-state index contributed by atoms with van der Waals surface area (Å²) >= 11 is 1.53. The van der Waals surface area contributed by atoms with Gasteiger partial charge in [-0.1, -0.05) is 30.0 Å². The molecule has 1 fully saturated rings. The third kappa shape index (κ3) is 5.01. The Balaban J connectivity index is 1.58. The minimum Gasteiger partial charge on any atom is -0.344 e. The molecule has 3 heterocycles. The fraction of sp³-hybridized carbons (Fsp3) is 0.250. The first-order chi connectivity index (χ1) is 15.5. The molecule has 162 valence electrons. The Labute approximate surface area is 192 Å². The van der Waals surface area contributed by atoms with Crippen molar-refractivity contribution in [1.82, 2.24) is 19.9 Å². The van der Waals surface area contributed by atoms with Gasteiger partial charge in [-0.25, -0.2) is 9.97 Å². The summed E-state index contributed by atoms with van der Waals surface area (Å²) in [6.45, 7) is 5.53. The standard InChI is InChI=1S/C24H24N6OS/c1-17-21(24(27-16-26-17)30-12-11-29(3)23(31)15-30)10-9-19-13-22(18(2)25-14-19)28-32-20-7-5-4-6-8-20/h4-8,13-14,16,28H,11-12,15H2,1-3H3.